The number of hydrogen-bond donors (Lipinski definition) is 0. The molecule has 1 aromatic heterocycles. The van der Waals surface area contributed by atoms with Crippen molar-refractivity contribution in [2.24, 2.45) is 5.18 Å². The highest BCUT2D eigenvalue weighted by molar-refractivity contribution is 9.10. The number of ether oxygens (including phenoxy) is 3. The molecule has 0 fully saturated rings. The fourth-order valence-corrected chi connectivity index (χ4v) is 1.48. The summed E-state index contributed by atoms with van der Waals surface area (Å²) in [7, 11) is 0. The van der Waals surface area contributed by atoms with Crippen LogP contribution >= 0.6 is 15.9 Å². The van der Waals surface area contributed by atoms with Gasteiger partial charge in [0.25, 0.3) is 0 Å². The molecule has 100 valence electrons. The maximum atomic E-state index is 9.75. The number of pyridine rings is 1. The molecule has 0 radical (unpaired) electrons. The van der Waals surface area contributed by atoms with Gasteiger partial charge in [-0.1, -0.05) is 5.18 Å². The minimum Gasteiger partial charge on any atom is -0.488 e. The molecule has 6 nitrogen and oxygen atoms in total. The normalized spacial score (nSPS) is 10.3. The molecule has 7 heteroatoms. The molecule has 0 aliphatic heterocycles. The van der Waals surface area contributed by atoms with Gasteiger partial charge in [-0.15, -0.1) is 0 Å². The Hall–Kier alpha value is -1.05. The highest BCUT2D eigenvalue weighted by Crippen LogP contribution is 2.20. The number of nitroso groups, excluding NO2 is 1. The Morgan fingerprint density at radius 1 is 1.17 bits per heavy atom. The summed E-state index contributed by atoms with van der Waals surface area (Å²) in [4.78, 5) is 13.8. The second kappa shape index (κ2) is 9.93. The van der Waals surface area contributed by atoms with Crippen molar-refractivity contribution < 1.29 is 14.2 Å². The van der Waals surface area contributed by atoms with Gasteiger partial charge >= 0.3 is 0 Å². The summed E-state index contributed by atoms with van der Waals surface area (Å²) >= 11 is 3.28. The zero-order chi connectivity index (χ0) is 13.1. The Kier molecular flexibility index (Phi) is 8.28. The van der Waals surface area contributed by atoms with E-state index in [9.17, 15) is 4.91 Å². The number of nitrogens with zero attached hydrogens (tertiary/aromatic N) is 2. The van der Waals surface area contributed by atoms with E-state index in [0.29, 0.717) is 43.4 Å². The lowest BCUT2D eigenvalue weighted by Crippen LogP contribution is -2.11. The van der Waals surface area contributed by atoms with Crippen molar-refractivity contribution in [3.8, 4) is 5.75 Å². The molecule has 0 amide bonds. The van der Waals surface area contributed by atoms with Crippen LogP contribution in [0.1, 0.15) is 0 Å². The predicted molar refractivity (Wildman–Crippen MR) is 69.7 cm³/mol. The van der Waals surface area contributed by atoms with Crippen molar-refractivity contribution in [1.82, 2.24) is 4.98 Å². The summed E-state index contributed by atoms with van der Waals surface area (Å²) in [6.45, 7) is 2.35. The summed E-state index contributed by atoms with van der Waals surface area (Å²) in [5, 5.41) is 2.68. The number of rotatable bonds is 10. The summed E-state index contributed by atoms with van der Waals surface area (Å²) in [6.07, 6.45) is 1.68. The van der Waals surface area contributed by atoms with Gasteiger partial charge in [-0.2, -0.15) is 4.91 Å². The van der Waals surface area contributed by atoms with Crippen molar-refractivity contribution in [3.05, 3.63) is 27.8 Å². The molecule has 18 heavy (non-hydrogen) atoms. The van der Waals surface area contributed by atoms with E-state index in [-0.39, 0.29) is 6.54 Å². The van der Waals surface area contributed by atoms with Gasteiger partial charge in [0.05, 0.1) is 26.4 Å². The van der Waals surface area contributed by atoms with Crippen molar-refractivity contribution in [3.63, 3.8) is 0 Å². The van der Waals surface area contributed by atoms with E-state index in [2.05, 4.69) is 26.1 Å². The lowest BCUT2D eigenvalue weighted by molar-refractivity contribution is 0.0387. The van der Waals surface area contributed by atoms with Crippen molar-refractivity contribution in [1.29, 1.82) is 0 Å². The maximum Gasteiger partial charge on any atom is 0.152 e. The molecule has 0 bridgehead atoms. The number of hydrogen-bond acceptors (Lipinski definition) is 6. The zero-order valence-corrected chi connectivity index (χ0v) is 11.5. The summed E-state index contributed by atoms with van der Waals surface area (Å²) in [5.41, 5.74) is 0. The minimum absolute atomic E-state index is 0.179. The standard InChI is InChI=1S/C11H15BrN2O4/c12-11-10(2-1-3-13-11)18-9-8-17-7-6-16-5-4-14-15/h1-3H,4-9H2. The molecule has 0 atom stereocenters. The SMILES string of the molecule is O=NCCOCCOCCOc1cccnc1Br. The van der Waals surface area contributed by atoms with Gasteiger partial charge in [0.2, 0.25) is 0 Å². The first-order chi connectivity index (χ1) is 8.84. The highest BCUT2D eigenvalue weighted by Gasteiger charge is 1.99. The Morgan fingerprint density at radius 3 is 2.61 bits per heavy atom. The van der Waals surface area contributed by atoms with E-state index < -0.39 is 0 Å². The molecule has 0 saturated carbocycles. The molecule has 0 saturated heterocycles. The smallest absolute Gasteiger partial charge is 0.152 e. The lowest BCUT2D eigenvalue weighted by Gasteiger charge is -2.08. The van der Waals surface area contributed by atoms with Gasteiger partial charge in [0.15, 0.2) is 5.75 Å². The quantitative estimate of drug-likeness (QED) is 0.375. The maximum absolute atomic E-state index is 9.75. The third-order valence-corrected chi connectivity index (χ3v) is 2.50. The highest BCUT2D eigenvalue weighted by atomic mass is 79.9. The fourth-order valence-electron chi connectivity index (χ4n) is 1.11. The minimum atomic E-state index is 0.179. The monoisotopic (exact) mass is 318 g/mol. The molecular weight excluding hydrogens is 304 g/mol. The van der Waals surface area contributed by atoms with E-state index in [1.807, 2.05) is 6.07 Å². The summed E-state index contributed by atoms with van der Waals surface area (Å²) in [5.74, 6) is 0.689. The molecule has 0 aliphatic rings. The lowest BCUT2D eigenvalue weighted by atomic mass is 10.5. The van der Waals surface area contributed by atoms with Crippen LogP contribution in [0.3, 0.4) is 0 Å². The fraction of sp³-hybridized carbons (Fsp3) is 0.545. The number of aromatic nitrogens is 1. The first-order valence-corrected chi connectivity index (χ1v) is 6.32. The molecule has 0 unspecified atom stereocenters. The third-order valence-electron chi connectivity index (χ3n) is 1.91. The summed E-state index contributed by atoms with van der Waals surface area (Å²) in [6, 6.07) is 3.63. The van der Waals surface area contributed by atoms with Crippen LogP contribution < -0.4 is 4.74 Å². The van der Waals surface area contributed by atoms with Crippen LogP contribution in [0.4, 0.5) is 0 Å². The first kappa shape index (κ1) is 15.0. The van der Waals surface area contributed by atoms with Crippen LogP contribution in [0, 0.1) is 4.91 Å². The largest absolute Gasteiger partial charge is 0.488 e. The van der Waals surface area contributed by atoms with Gasteiger partial charge < -0.3 is 14.2 Å². The van der Waals surface area contributed by atoms with Crippen molar-refractivity contribution in [2.45, 2.75) is 0 Å². The Labute approximate surface area is 114 Å². The molecular formula is C11H15BrN2O4. The second-order valence-corrected chi connectivity index (χ2v) is 3.97. The molecule has 1 heterocycles. The van der Waals surface area contributed by atoms with E-state index >= 15 is 0 Å². The van der Waals surface area contributed by atoms with Gasteiger partial charge in [-0.25, -0.2) is 4.98 Å². The van der Waals surface area contributed by atoms with Gasteiger partial charge in [-0.3, -0.25) is 0 Å². The van der Waals surface area contributed by atoms with Gasteiger partial charge in [-0.05, 0) is 28.1 Å². The third kappa shape index (κ3) is 6.63. The Morgan fingerprint density at radius 2 is 1.89 bits per heavy atom. The zero-order valence-electron chi connectivity index (χ0n) is 9.88. The molecule has 0 N–H and O–H groups in total. The molecule has 0 aliphatic carbocycles. The average Bonchev–Trinajstić information content (AvgIpc) is 2.39. The molecule has 0 aromatic carbocycles. The average molecular weight is 319 g/mol. The van der Waals surface area contributed by atoms with Gasteiger partial charge in [0, 0.05) is 6.20 Å². The van der Waals surface area contributed by atoms with Crippen molar-refractivity contribution >= 4 is 15.9 Å². The van der Waals surface area contributed by atoms with Crippen LogP contribution in [-0.4, -0.2) is 44.6 Å². The second-order valence-electron chi connectivity index (χ2n) is 3.22. The van der Waals surface area contributed by atoms with Crippen LogP contribution in [0.15, 0.2) is 28.1 Å². The molecule has 1 rings (SSSR count). The van der Waals surface area contributed by atoms with Crippen LogP contribution in [0.5, 0.6) is 5.75 Å². The molecule has 0 spiro atoms. The summed E-state index contributed by atoms with van der Waals surface area (Å²) < 4.78 is 16.5. The predicted octanol–water partition coefficient (Wildman–Crippen LogP) is 2.02. The Balaban J connectivity index is 1.96. The Bertz CT molecular complexity index is 352. The molecule has 1 aromatic rings. The first-order valence-electron chi connectivity index (χ1n) is 5.52. The van der Waals surface area contributed by atoms with Crippen LogP contribution in [0.2, 0.25) is 0 Å². The van der Waals surface area contributed by atoms with E-state index in [1.54, 1.807) is 12.3 Å². The van der Waals surface area contributed by atoms with E-state index in [0.717, 1.165) is 0 Å². The van der Waals surface area contributed by atoms with Gasteiger partial charge in [0.1, 0.15) is 17.8 Å². The van der Waals surface area contributed by atoms with Crippen LogP contribution in [0.25, 0.3) is 0 Å². The van der Waals surface area contributed by atoms with Crippen molar-refractivity contribution in [2.75, 3.05) is 39.6 Å². The van der Waals surface area contributed by atoms with E-state index in [1.165, 1.54) is 0 Å². The van der Waals surface area contributed by atoms with E-state index in [4.69, 9.17) is 14.2 Å². The number of halogens is 1. The van der Waals surface area contributed by atoms with Crippen LogP contribution in [-0.2, 0) is 9.47 Å². The topological polar surface area (TPSA) is 70.0 Å².